The second-order valence-electron chi connectivity index (χ2n) is 8.51. The molecule has 0 saturated carbocycles. The van der Waals surface area contributed by atoms with Crippen LogP contribution in [-0.4, -0.2) is 29.8 Å². The molecule has 1 N–H and O–H groups in total. The molecule has 0 fully saturated rings. The number of carbonyl (C=O) groups is 1. The third kappa shape index (κ3) is 20.5. The van der Waals surface area contributed by atoms with Crippen molar-refractivity contribution >= 4 is 13.3 Å². The van der Waals surface area contributed by atoms with E-state index in [0.29, 0.717) is 37.3 Å². The van der Waals surface area contributed by atoms with Crippen molar-refractivity contribution < 1.29 is 19.0 Å². The zero-order valence-corrected chi connectivity index (χ0v) is 20.2. The maximum absolute atomic E-state index is 12.2. The van der Waals surface area contributed by atoms with Gasteiger partial charge in [0.25, 0.3) is 0 Å². The van der Waals surface area contributed by atoms with Gasteiger partial charge in [0.2, 0.25) is 7.37 Å². The topological polar surface area (TPSA) is 63.6 Å². The molecule has 0 radical (unpaired) electrons. The molecule has 172 valence electrons. The fraction of sp³-hybridized carbons (Fsp3) is 0.875. The van der Waals surface area contributed by atoms with Gasteiger partial charge >= 0.3 is 5.97 Å². The minimum absolute atomic E-state index is 0.296. The zero-order chi connectivity index (χ0) is 21.8. The first-order valence-corrected chi connectivity index (χ1v) is 14.1. The number of hydrogen-bond acceptors (Lipinski definition) is 3. The van der Waals surface area contributed by atoms with Crippen LogP contribution < -0.4 is 0 Å². The van der Waals surface area contributed by atoms with E-state index in [4.69, 9.17) is 4.74 Å². The Hall–Kier alpha value is -0.600. The van der Waals surface area contributed by atoms with Gasteiger partial charge in [-0.2, -0.15) is 0 Å². The van der Waals surface area contributed by atoms with Crippen LogP contribution in [0.3, 0.4) is 0 Å². The molecule has 0 rings (SSSR count). The normalized spacial score (nSPS) is 13.2. The lowest BCUT2D eigenvalue weighted by Gasteiger charge is -2.11. The summed E-state index contributed by atoms with van der Waals surface area (Å²) in [6.07, 6.45) is 20.0. The molecule has 0 bridgehead atoms. The standard InChI is InChI=1S/C24H47O4P/c1-4-5-6-7-8-9-10-11-12-13-14-15-16-18-21-29(26,27)22-19-17-20-28-24(25)23(2)3/h2,4-22H2,1,3H3,(H,26,27). The third-order valence-corrected chi connectivity index (χ3v) is 7.37. The highest BCUT2D eigenvalue weighted by Gasteiger charge is 2.16. The van der Waals surface area contributed by atoms with E-state index >= 15 is 0 Å². The van der Waals surface area contributed by atoms with Gasteiger partial charge in [-0.1, -0.05) is 97.0 Å². The molecule has 29 heavy (non-hydrogen) atoms. The van der Waals surface area contributed by atoms with Gasteiger partial charge in [0.05, 0.1) is 6.61 Å². The van der Waals surface area contributed by atoms with Crippen molar-refractivity contribution in [2.75, 3.05) is 18.9 Å². The number of unbranched alkanes of at least 4 members (excludes halogenated alkanes) is 14. The summed E-state index contributed by atoms with van der Waals surface area (Å²) in [6.45, 7) is 7.69. The van der Waals surface area contributed by atoms with Gasteiger partial charge in [0.1, 0.15) is 0 Å². The highest BCUT2D eigenvalue weighted by molar-refractivity contribution is 7.57. The Morgan fingerprint density at radius 2 is 1.14 bits per heavy atom. The first-order chi connectivity index (χ1) is 13.9. The monoisotopic (exact) mass is 430 g/mol. The molecule has 0 aliphatic rings. The van der Waals surface area contributed by atoms with Crippen molar-refractivity contribution in [1.82, 2.24) is 0 Å². The molecule has 0 aromatic carbocycles. The fourth-order valence-electron chi connectivity index (χ4n) is 3.41. The molecule has 0 saturated heterocycles. The van der Waals surface area contributed by atoms with Crippen molar-refractivity contribution in [2.45, 2.75) is 117 Å². The quantitative estimate of drug-likeness (QED) is 0.0879. The van der Waals surface area contributed by atoms with E-state index in [9.17, 15) is 14.3 Å². The van der Waals surface area contributed by atoms with E-state index in [0.717, 1.165) is 12.8 Å². The minimum atomic E-state index is -3.02. The van der Waals surface area contributed by atoms with Crippen molar-refractivity contribution in [3.8, 4) is 0 Å². The molecule has 1 unspecified atom stereocenters. The van der Waals surface area contributed by atoms with Crippen molar-refractivity contribution in [1.29, 1.82) is 0 Å². The van der Waals surface area contributed by atoms with Crippen LogP contribution in [-0.2, 0) is 14.1 Å². The Kier molecular flexibility index (Phi) is 19.0. The summed E-state index contributed by atoms with van der Waals surface area (Å²) in [6, 6.07) is 0. The number of esters is 1. The van der Waals surface area contributed by atoms with E-state index in [1.165, 1.54) is 77.0 Å². The lowest BCUT2D eigenvalue weighted by molar-refractivity contribution is -0.139. The molecule has 1 atom stereocenters. The van der Waals surface area contributed by atoms with Crippen LogP contribution >= 0.6 is 7.37 Å². The largest absolute Gasteiger partial charge is 0.462 e. The molecule has 0 aromatic heterocycles. The van der Waals surface area contributed by atoms with Crippen LogP contribution in [0.5, 0.6) is 0 Å². The molecule has 0 spiro atoms. The van der Waals surface area contributed by atoms with Gasteiger partial charge in [-0.05, 0) is 26.2 Å². The summed E-state index contributed by atoms with van der Waals surface area (Å²) in [4.78, 5) is 21.3. The fourth-order valence-corrected chi connectivity index (χ4v) is 5.07. The Bertz CT molecular complexity index is 462. The minimum Gasteiger partial charge on any atom is -0.462 e. The van der Waals surface area contributed by atoms with Gasteiger partial charge in [-0.3, -0.25) is 4.57 Å². The van der Waals surface area contributed by atoms with Crippen LogP contribution in [0.25, 0.3) is 0 Å². The summed E-state index contributed by atoms with van der Waals surface area (Å²) in [7, 11) is -3.02. The Morgan fingerprint density at radius 1 is 0.759 bits per heavy atom. The highest BCUT2D eigenvalue weighted by atomic mass is 31.2. The Morgan fingerprint density at radius 3 is 1.55 bits per heavy atom. The summed E-state index contributed by atoms with van der Waals surface area (Å²) in [5, 5.41) is 0. The summed E-state index contributed by atoms with van der Waals surface area (Å²) < 4.78 is 17.2. The van der Waals surface area contributed by atoms with Gasteiger partial charge in [0, 0.05) is 17.9 Å². The molecule has 4 nitrogen and oxygen atoms in total. The molecule has 0 heterocycles. The number of carbonyl (C=O) groups excluding carboxylic acids is 1. The van der Waals surface area contributed by atoms with Crippen LogP contribution in [0.15, 0.2) is 12.2 Å². The summed E-state index contributed by atoms with van der Waals surface area (Å²) in [5.41, 5.74) is 0.385. The van der Waals surface area contributed by atoms with E-state index < -0.39 is 7.37 Å². The zero-order valence-electron chi connectivity index (χ0n) is 19.3. The van der Waals surface area contributed by atoms with Crippen LogP contribution in [0, 0.1) is 0 Å². The van der Waals surface area contributed by atoms with Gasteiger partial charge in [-0.25, -0.2) is 4.79 Å². The smallest absolute Gasteiger partial charge is 0.333 e. The Labute approximate surface area is 180 Å². The number of rotatable bonds is 21. The van der Waals surface area contributed by atoms with Crippen LogP contribution in [0.4, 0.5) is 0 Å². The predicted molar refractivity (Wildman–Crippen MR) is 125 cm³/mol. The van der Waals surface area contributed by atoms with E-state index in [1.54, 1.807) is 6.92 Å². The van der Waals surface area contributed by atoms with E-state index in [-0.39, 0.29) is 5.97 Å². The molecular formula is C24H47O4P. The van der Waals surface area contributed by atoms with Crippen LogP contribution in [0.1, 0.15) is 117 Å². The number of ether oxygens (including phenoxy) is 1. The molecule has 0 amide bonds. The lowest BCUT2D eigenvalue weighted by Crippen LogP contribution is -2.06. The van der Waals surface area contributed by atoms with Crippen molar-refractivity contribution in [3.63, 3.8) is 0 Å². The van der Waals surface area contributed by atoms with E-state index in [2.05, 4.69) is 13.5 Å². The molecule has 0 aromatic rings. The highest BCUT2D eigenvalue weighted by Crippen LogP contribution is 2.42. The molecule has 0 aliphatic carbocycles. The molecule has 0 aliphatic heterocycles. The summed E-state index contributed by atoms with van der Waals surface area (Å²) in [5.74, 6) is -0.389. The van der Waals surface area contributed by atoms with Crippen molar-refractivity contribution in [3.05, 3.63) is 12.2 Å². The van der Waals surface area contributed by atoms with Crippen molar-refractivity contribution in [2.24, 2.45) is 0 Å². The average Bonchev–Trinajstić information content (AvgIpc) is 2.67. The maximum atomic E-state index is 12.2. The lowest BCUT2D eigenvalue weighted by atomic mass is 10.0. The second-order valence-corrected chi connectivity index (χ2v) is 11.1. The van der Waals surface area contributed by atoms with E-state index in [1.807, 2.05) is 0 Å². The molecular weight excluding hydrogens is 383 g/mol. The maximum Gasteiger partial charge on any atom is 0.333 e. The third-order valence-electron chi connectivity index (χ3n) is 5.34. The van der Waals surface area contributed by atoms with Crippen LogP contribution in [0.2, 0.25) is 0 Å². The SMILES string of the molecule is C=C(C)C(=O)OCCCCP(=O)(O)CCCCCCCCCCCCCCCC. The van der Waals surface area contributed by atoms with Gasteiger partial charge in [-0.15, -0.1) is 0 Å². The first-order valence-electron chi connectivity index (χ1n) is 12.0. The van der Waals surface area contributed by atoms with Gasteiger partial charge in [0.15, 0.2) is 0 Å². The first kappa shape index (κ1) is 28.4. The summed E-state index contributed by atoms with van der Waals surface area (Å²) >= 11 is 0. The predicted octanol–water partition coefficient (Wildman–Crippen LogP) is 7.64. The molecule has 5 heteroatoms. The average molecular weight is 431 g/mol. The number of hydrogen-bond donors (Lipinski definition) is 1. The van der Waals surface area contributed by atoms with Gasteiger partial charge < -0.3 is 9.63 Å². The Balaban J connectivity index is 3.39. The second kappa shape index (κ2) is 19.4.